The predicted molar refractivity (Wildman–Crippen MR) is 80.2 cm³/mol. The highest BCUT2D eigenvalue weighted by Crippen LogP contribution is 2.35. The van der Waals surface area contributed by atoms with E-state index < -0.39 is 0 Å². The van der Waals surface area contributed by atoms with Crippen LogP contribution in [-0.4, -0.2) is 23.6 Å². The molecule has 3 rings (SSSR count). The van der Waals surface area contributed by atoms with Gasteiger partial charge in [0.25, 0.3) is 0 Å². The molecule has 1 aromatic rings. The van der Waals surface area contributed by atoms with Gasteiger partial charge in [-0.05, 0) is 48.9 Å². The van der Waals surface area contributed by atoms with Crippen LogP contribution >= 0.6 is 15.9 Å². The summed E-state index contributed by atoms with van der Waals surface area (Å²) < 4.78 is 11.9. The summed E-state index contributed by atoms with van der Waals surface area (Å²) in [7, 11) is 0. The van der Waals surface area contributed by atoms with Crippen molar-refractivity contribution in [1.29, 1.82) is 0 Å². The number of ether oxygens (including phenoxy) is 2. The lowest BCUT2D eigenvalue weighted by atomic mass is 9.91. The minimum Gasteiger partial charge on any atom is -0.488 e. The summed E-state index contributed by atoms with van der Waals surface area (Å²) in [5.74, 6) is 1.01. The number of hydrogen-bond acceptors (Lipinski definition) is 2. The van der Waals surface area contributed by atoms with Crippen LogP contribution in [-0.2, 0) is 17.6 Å². The molecule has 2 aliphatic carbocycles. The molecule has 0 aliphatic heterocycles. The Balaban J connectivity index is 1.62. The highest BCUT2D eigenvalue weighted by molar-refractivity contribution is 9.09. The number of alkyl halides is 1. The average Bonchev–Trinajstić information content (AvgIpc) is 2.86. The van der Waals surface area contributed by atoms with Gasteiger partial charge in [-0.15, -0.1) is 0 Å². The van der Waals surface area contributed by atoms with Crippen molar-refractivity contribution in [3.8, 4) is 5.75 Å². The first kappa shape index (κ1) is 13.4. The molecule has 2 nitrogen and oxygen atoms in total. The molecule has 3 unspecified atom stereocenters. The first-order valence-electron chi connectivity index (χ1n) is 7.32. The Kier molecular flexibility index (Phi) is 4.13. The van der Waals surface area contributed by atoms with Crippen LogP contribution in [0, 0.1) is 0 Å². The van der Waals surface area contributed by atoms with E-state index in [1.165, 1.54) is 30.4 Å². The second-order valence-corrected chi connectivity index (χ2v) is 6.70. The zero-order chi connectivity index (χ0) is 13.2. The summed E-state index contributed by atoms with van der Waals surface area (Å²) in [6.45, 7) is 2.95. The van der Waals surface area contributed by atoms with Crippen LogP contribution in [0.3, 0.4) is 0 Å². The molecule has 0 amide bonds. The van der Waals surface area contributed by atoms with E-state index in [-0.39, 0.29) is 12.2 Å². The lowest BCUT2D eigenvalue weighted by molar-refractivity contribution is -0.0762. The van der Waals surface area contributed by atoms with E-state index >= 15 is 0 Å². The minimum atomic E-state index is 0.202. The van der Waals surface area contributed by atoms with Gasteiger partial charge in [-0.2, -0.15) is 0 Å². The number of aryl methyl sites for hydroxylation is 2. The Bertz CT molecular complexity index is 446. The van der Waals surface area contributed by atoms with Crippen molar-refractivity contribution >= 4 is 15.9 Å². The van der Waals surface area contributed by atoms with Crippen molar-refractivity contribution in [1.82, 2.24) is 0 Å². The molecule has 1 saturated carbocycles. The predicted octanol–water partition coefficient (Wildman–Crippen LogP) is 3.89. The van der Waals surface area contributed by atoms with Crippen LogP contribution in [0.25, 0.3) is 0 Å². The molecule has 2 aliphatic rings. The number of hydrogen-bond donors (Lipinski definition) is 0. The van der Waals surface area contributed by atoms with E-state index in [1.807, 2.05) is 0 Å². The molecule has 3 atom stereocenters. The fourth-order valence-corrected chi connectivity index (χ4v) is 3.77. The lowest BCUT2D eigenvalue weighted by Crippen LogP contribution is -2.52. The quantitative estimate of drug-likeness (QED) is 0.765. The van der Waals surface area contributed by atoms with Crippen molar-refractivity contribution in [3.63, 3.8) is 0 Å². The number of fused-ring (bicyclic) bond motifs is 1. The maximum Gasteiger partial charge on any atom is 0.127 e. The zero-order valence-corrected chi connectivity index (χ0v) is 13.0. The average molecular weight is 325 g/mol. The molecular formula is C16H21BrO2. The van der Waals surface area contributed by atoms with Gasteiger partial charge in [-0.1, -0.05) is 28.9 Å². The van der Waals surface area contributed by atoms with Gasteiger partial charge in [0.1, 0.15) is 18.0 Å². The maximum absolute atomic E-state index is 6.10. The third kappa shape index (κ3) is 2.82. The Morgan fingerprint density at radius 1 is 1.26 bits per heavy atom. The topological polar surface area (TPSA) is 18.5 Å². The van der Waals surface area contributed by atoms with Crippen molar-refractivity contribution in [2.45, 2.75) is 56.1 Å². The monoisotopic (exact) mass is 324 g/mol. The lowest BCUT2D eigenvalue weighted by Gasteiger charge is -2.41. The molecule has 0 bridgehead atoms. The van der Waals surface area contributed by atoms with Gasteiger partial charge in [0.05, 0.1) is 0 Å². The van der Waals surface area contributed by atoms with Gasteiger partial charge in [-0.25, -0.2) is 0 Å². The third-order valence-electron chi connectivity index (χ3n) is 4.05. The molecule has 0 radical (unpaired) electrons. The third-order valence-corrected chi connectivity index (χ3v) is 4.95. The highest BCUT2D eigenvalue weighted by atomic mass is 79.9. The van der Waals surface area contributed by atoms with Crippen LogP contribution in [0.5, 0.6) is 5.75 Å². The number of rotatable bonds is 5. The first-order chi connectivity index (χ1) is 9.28. The minimum absolute atomic E-state index is 0.202. The summed E-state index contributed by atoms with van der Waals surface area (Å²) in [6, 6.07) is 6.56. The summed E-state index contributed by atoms with van der Waals surface area (Å²) in [4.78, 5) is 0.443. The molecule has 104 valence electrons. The van der Waals surface area contributed by atoms with E-state index in [4.69, 9.17) is 9.47 Å². The normalized spacial score (nSPS) is 28.8. The van der Waals surface area contributed by atoms with Gasteiger partial charge >= 0.3 is 0 Å². The molecular weight excluding hydrogens is 304 g/mol. The Morgan fingerprint density at radius 3 is 2.89 bits per heavy atom. The Hall–Kier alpha value is -0.540. The smallest absolute Gasteiger partial charge is 0.127 e. The second kappa shape index (κ2) is 5.84. The fourth-order valence-electron chi connectivity index (χ4n) is 2.90. The summed E-state index contributed by atoms with van der Waals surface area (Å²) in [5, 5.41) is 0. The largest absolute Gasteiger partial charge is 0.488 e. The molecule has 0 spiro atoms. The molecule has 19 heavy (non-hydrogen) atoms. The van der Waals surface area contributed by atoms with Crippen LogP contribution < -0.4 is 4.74 Å². The molecule has 3 heteroatoms. The first-order valence-corrected chi connectivity index (χ1v) is 8.23. The number of halogens is 1. The fraction of sp³-hybridized carbons (Fsp3) is 0.625. The molecule has 0 N–H and O–H groups in total. The standard InChI is InChI=1S/C16H21BrO2/c1-2-8-18-16-14(17)10-15(16)19-13-7-6-11-4-3-5-12(11)9-13/h6-7,9,14-16H,2-5,8,10H2,1H3. The Labute approximate surface area is 123 Å². The maximum atomic E-state index is 6.10. The van der Waals surface area contributed by atoms with Crippen molar-refractivity contribution in [2.24, 2.45) is 0 Å². The SMILES string of the molecule is CCCOC1C(Br)CC1Oc1ccc2c(c1)CCC2. The van der Waals surface area contributed by atoms with Gasteiger partial charge < -0.3 is 9.47 Å². The van der Waals surface area contributed by atoms with E-state index in [9.17, 15) is 0 Å². The van der Waals surface area contributed by atoms with Crippen LogP contribution in [0.2, 0.25) is 0 Å². The van der Waals surface area contributed by atoms with E-state index in [1.54, 1.807) is 0 Å². The molecule has 0 heterocycles. The zero-order valence-electron chi connectivity index (χ0n) is 11.4. The summed E-state index contributed by atoms with van der Waals surface area (Å²) in [6.07, 6.45) is 6.21. The highest BCUT2D eigenvalue weighted by Gasteiger charge is 2.42. The Morgan fingerprint density at radius 2 is 2.11 bits per heavy atom. The van der Waals surface area contributed by atoms with Gasteiger partial charge in [-0.3, -0.25) is 0 Å². The molecule has 0 aromatic heterocycles. The molecule has 1 fully saturated rings. The van der Waals surface area contributed by atoms with Crippen molar-refractivity contribution in [2.75, 3.05) is 6.61 Å². The summed E-state index contributed by atoms with van der Waals surface area (Å²) >= 11 is 3.66. The second-order valence-electron chi connectivity index (χ2n) is 5.53. The van der Waals surface area contributed by atoms with Gasteiger partial charge in [0, 0.05) is 17.9 Å². The van der Waals surface area contributed by atoms with E-state index in [0.29, 0.717) is 4.83 Å². The van der Waals surface area contributed by atoms with Gasteiger partial charge in [0.15, 0.2) is 0 Å². The number of benzene rings is 1. The van der Waals surface area contributed by atoms with E-state index in [0.717, 1.165) is 25.2 Å². The van der Waals surface area contributed by atoms with E-state index in [2.05, 4.69) is 41.1 Å². The van der Waals surface area contributed by atoms with Gasteiger partial charge in [0.2, 0.25) is 0 Å². The van der Waals surface area contributed by atoms with Crippen molar-refractivity contribution in [3.05, 3.63) is 29.3 Å². The van der Waals surface area contributed by atoms with Crippen molar-refractivity contribution < 1.29 is 9.47 Å². The van der Waals surface area contributed by atoms with Crippen LogP contribution in [0.4, 0.5) is 0 Å². The summed E-state index contributed by atoms with van der Waals surface area (Å²) in [5.41, 5.74) is 2.97. The van der Waals surface area contributed by atoms with Crippen LogP contribution in [0.15, 0.2) is 18.2 Å². The molecule has 1 aromatic carbocycles. The molecule has 0 saturated heterocycles. The van der Waals surface area contributed by atoms with Crippen LogP contribution in [0.1, 0.15) is 37.3 Å².